The van der Waals surface area contributed by atoms with E-state index in [0.29, 0.717) is 34.3 Å². The fourth-order valence-electron chi connectivity index (χ4n) is 3.15. The Morgan fingerprint density at radius 2 is 1.32 bits per heavy atom. The number of rotatable bonds is 6. The molecule has 0 N–H and O–H groups in total. The molecular weight excluding hydrogens is 475 g/mol. The van der Waals surface area contributed by atoms with Gasteiger partial charge >= 0.3 is 6.18 Å². The van der Waals surface area contributed by atoms with Crippen LogP contribution in [0.25, 0.3) is 22.6 Å². The minimum Gasteiger partial charge on any atom is -0.430 e. The van der Waals surface area contributed by atoms with Crippen molar-refractivity contribution in [1.29, 1.82) is 0 Å². The van der Waals surface area contributed by atoms with E-state index >= 15 is 0 Å². The predicted molar refractivity (Wildman–Crippen MR) is 116 cm³/mol. The second kappa shape index (κ2) is 8.98. The molecule has 0 bridgehead atoms. The van der Waals surface area contributed by atoms with Crippen LogP contribution >= 0.6 is 11.8 Å². The minimum absolute atomic E-state index is 0.205. The fourth-order valence-corrected chi connectivity index (χ4v) is 4.06. The Balaban J connectivity index is 1.88. The lowest BCUT2D eigenvalue weighted by Crippen LogP contribution is -2.08. The maximum absolute atomic E-state index is 13.2. The van der Waals surface area contributed by atoms with Gasteiger partial charge < -0.3 is 4.42 Å². The average molecular weight is 487 g/mol. The Morgan fingerprint density at radius 1 is 0.824 bits per heavy atom. The molecule has 0 atom stereocenters. The van der Waals surface area contributed by atoms with Crippen molar-refractivity contribution in [2.24, 2.45) is 0 Å². The maximum atomic E-state index is 13.2. The van der Waals surface area contributed by atoms with Crippen LogP contribution in [0.4, 0.5) is 24.5 Å². The van der Waals surface area contributed by atoms with Crippen molar-refractivity contribution >= 4 is 23.1 Å². The summed E-state index contributed by atoms with van der Waals surface area (Å²) < 4.78 is 45.4. The summed E-state index contributed by atoms with van der Waals surface area (Å²) >= 11 is 0.413. The van der Waals surface area contributed by atoms with Gasteiger partial charge in [-0.05, 0) is 11.8 Å². The molecule has 4 aromatic rings. The van der Waals surface area contributed by atoms with Crippen molar-refractivity contribution in [3.8, 4) is 22.6 Å². The summed E-state index contributed by atoms with van der Waals surface area (Å²) in [5.74, 6) is 0.298. The fraction of sp³-hybridized carbons (Fsp3) is 0.0455. The lowest BCUT2D eigenvalue weighted by molar-refractivity contribution is -0.400. The van der Waals surface area contributed by atoms with Crippen molar-refractivity contribution < 1.29 is 27.4 Å². The molecule has 0 saturated carbocycles. The van der Waals surface area contributed by atoms with Gasteiger partial charge in [-0.25, -0.2) is 4.98 Å². The molecule has 1 aromatic heterocycles. The average Bonchev–Trinajstić information content (AvgIpc) is 3.23. The second-order valence-corrected chi connectivity index (χ2v) is 7.81. The van der Waals surface area contributed by atoms with Gasteiger partial charge in [0.15, 0.2) is 10.7 Å². The van der Waals surface area contributed by atoms with Gasteiger partial charge in [-0.2, -0.15) is 13.2 Å². The highest BCUT2D eigenvalue weighted by Crippen LogP contribution is 2.46. The third kappa shape index (κ3) is 4.62. The normalized spacial score (nSPS) is 11.4. The molecule has 0 aliphatic rings. The van der Waals surface area contributed by atoms with Gasteiger partial charge in [0.1, 0.15) is 5.69 Å². The summed E-state index contributed by atoms with van der Waals surface area (Å²) in [6, 6.07) is 18.1. The van der Waals surface area contributed by atoms with Gasteiger partial charge in [0.25, 0.3) is 16.6 Å². The third-order valence-electron chi connectivity index (χ3n) is 4.65. The van der Waals surface area contributed by atoms with Crippen LogP contribution in [0.2, 0.25) is 0 Å². The van der Waals surface area contributed by atoms with Crippen molar-refractivity contribution in [1.82, 2.24) is 4.98 Å². The first-order valence-corrected chi connectivity index (χ1v) is 10.3. The van der Waals surface area contributed by atoms with Crippen LogP contribution in [0.15, 0.2) is 87.3 Å². The molecule has 8 nitrogen and oxygen atoms in total. The van der Waals surface area contributed by atoms with Crippen LogP contribution in [0.3, 0.4) is 0 Å². The Hall–Kier alpha value is -4.19. The zero-order valence-electron chi connectivity index (χ0n) is 16.9. The molecule has 0 fully saturated rings. The number of nitro benzene ring substituents is 2. The topological polar surface area (TPSA) is 112 Å². The van der Waals surface area contributed by atoms with Crippen LogP contribution in [0.1, 0.15) is 5.56 Å². The smallest absolute Gasteiger partial charge is 0.416 e. The lowest BCUT2D eigenvalue weighted by atomic mass is 10.1. The number of benzene rings is 3. The molecule has 4 rings (SSSR count). The lowest BCUT2D eigenvalue weighted by Gasteiger charge is -2.08. The highest BCUT2D eigenvalue weighted by Gasteiger charge is 2.38. The summed E-state index contributed by atoms with van der Waals surface area (Å²) in [7, 11) is 0. The van der Waals surface area contributed by atoms with Crippen LogP contribution < -0.4 is 0 Å². The van der Waals surface area contributed by atoms with E-state index < -0.39 is 37.9 Å². The predicted octanol–water partition coefficient (Wildman–Crippen LogP) is 7.00. The number of alkyl halides is 3. The monoisotopic (exact) mass is 487 g/mol. The van der Waals surface area contributed by atoms with Crippen LogP contribution in [0.5, 0.6) is 0 Å². The van der Waals surface area contributed by atoms with E-state index in [9.17, 15) is 33.4 Å². The van der Waals surface area contributed by atoms with Gasteiger partial charge in [-0.15, -0.1) is 0 Å². The van der Waals surface area contributed by atoms with E-state index in [2.05, 4.69) is 4.98 Å². The first kappa shape index (κ1) is 23.0. The summed E-state index contributed by atoms with van der Waals surface area (Å²) in [5, 5.41) is 22.9. The molecule has 0 spiro atoms. The van der Waals surface area contributed by atoms with Crippen LogP contribution in [0, 0.1) is 20.2 Å². The molecule has 12 heteroatoms. The van der Waals surface area contributed by atoms with E-state index in [0.717, 1.165) is 0 Å². The van der Waals surface area contributed by atoms with E-state index in [1.165, 1.54) is 0 Å². The summed E-state index contributed by atoms with van der Waals surface area (Å²) in [4.78, 5) is 24.6. The first-order valence-electron chi connectivity index (χ1n) is 9.48. The third-order valence-corrected chi connectivity index (χ3v) is 5.62. The Kier molecular flexibility index (Phi) is 6.07. The van der Waals surface area contributed by atoms with Gasteiger partial charge in [-0.1, -0.05) is 60.7 Å². The standard InChI is InChI=1S/C22H12F3N3O5S/c23-22(24,25)15-11-16(27(29)30)20(17(12-15)28(31)32)34-21-26-18(13-7-3-1-4-8-13)19(33-21)14-9-5-2-6-10-14/h1-12H. The van der Waals surface area contributed by atoms with Crippen LogP contribution in [-0.2, 0) is 6.18 Å². The summed E-state index contributed by atoms with van der Waals surface area (Å²) in [6.07, 6.45) is -5.01. The Bertz CT molecular complexity index is 1280. The van der Waals surface area contributed by atoms with Gasteiger partial charge in [0, 0.05) is 23.3 Å². The largest absolute Gasteiger partial charge is 0.430 e. The number of halogens is 3. The summed E-state index contributed by atoms with van der Waals surface area (Å²) in [5.41, 5.74) is -2.02. The number of nitrogens with zero attached hydrogens (tertiary/aromatic N) is 3. The zero-order chi connectivity index (χ0) is 24.5. The molecule has 0 radical (unpaired) electrons. The van der Waals surface area contributed by atoms with Crippen molar-refractivity contribution in [3.05, 3.63) is 98.6 Å². The number of hydrogen-bond acceptors (Lipinski definition) is 7. The molecule has 0 saturated heterocycles. The van der Waals surface area contributed by atoms with E-state index in [1.807, 2.05) is 0 Å². The molecule has 0 unspecified atom stereocenters. The Morgan fingerprint density at radius 3 is 1.79 bits per heavy atom. The van der Waals surface area contributed by atoms with Gasteiger partial charge in [-0.3, -0.25) is 20.2 Å². The SMILES string of the molecule is O=[N+]([O-])c1cc(C(F)(F)F)cc([N+](=O)[O-])c1Sc1nc(-c2ccccc2)c(-c2ccccc2)o1. The second-order valence-electron chi connectivity index (χ2n) is 6.85. The molecule has 0 amide bonds. The molecule has 34 heavy (non-hydrogen) atoms. The van der Waals surface area contributed by atoms with Crippen molar-refractivity contribution in [3.63, 3.8) is 0 Å². The number of oxazole rings is 1. The number of hydrogen-bond donors (Lipinski definition) is 0. The zero-order valence-corrected chi connectivity index (χ0v) is 17.7. The Labute approximate surface area is 193 Å². The summed E-state index contributed by atoms with van der Waals surface area (Å²) in [6.45, 7) is 0. The maximum Gasteiger partial charge on any atom is 0.416 e. The number of nitro groups is 2. The molecule has 0 aliphatic carbocycles. The van der Waals surface area contributed by atoms with Crippen LogP contribution in [-0.4, -0.2) is 14.8 Å². The molecule has 1 heterocycles. The van der Waals surface area contributed by atoms with E-state index in [1.54, 1.807) is 60.7 Å². The molecular formula is C22H12F3N3O5S. The van der Waals surface area contributed by atoms with Gasteiger partial charge in [0.2, 0.25) is 0 Å². The molecule has 0 aliphatic heterocycles. The van der Waals surface area contributed by atoms with Gasteiger partial charge in [0.05, 0.1) is 15.4 Å². The minimum atomic E-state index is -5.01. The highest BCUT2D eigenvalue weighted by molar-refractivity contribution is 7.99. The van der Waals surface area contributed by atoms with E-state index in [4.69, 9.17) is 4.42 Å². The number of aromatic nitrogens is 1. The van der Waals surface area contributed by atoms with Crippen molar-refractivity contribution in [2.45, 2.75) is 16.3 Å². The highest BCUT2D eigenvalue weighted by atomic mass is 32.2. The quantitative estimate of drug-likeness (QED) is 0.213. The van der Waals surface area contributed by atoms with E-state index in [-0.39, 0.29) is 17.4 Å². The van der Waals surface area contributed by atoms with Crippen molar-refractivity contribution in [2.75, 3.05) is 0 Å². The molecule has 3 aromatic carbocycles. The molecule has 172 valence electrons. The first-order chi connectivity index (χ1) is 16.1.